The van der Waals surface area contributed by atoms with Gasteiger partial charge < -0.3 is 10.3 Å². The minimum Gasteiger partial charge on any atom is -0.337 e. The number of pyridine rings is 1. The summed E-state index contributed by atoms with van der Waals surface area (Å²) in [7, 11) is 0. The molecular weight excluding hydrogens is 264 g/mol. The smallest absolute Gasteiger partial charge is 0.272 e. The normalized spacial score (nSPS) is 20.0. The highest BCUT2D eigenvalue weighted by atomic mass is 16.2. The number of carbonyl (C=O) groups is 1. The van der Waals surface area contributed by atoms with Crippen molar-refractivity contribution < 1.29 is 4.79 Å². The van der Waals surface area contributed by atoms with E-state index in [1.807, 2.05) is 4.90 Å². The highest BCUT2D eigenvalue weighted by molar-refractivity contribution is 5.92. The van der Waals surface area contributed by atoms with Crippen molar-refractivity contribution in [2.24, 2.45) is 17.2 Å². The zero-order valence-corrected chi connectivity index (χ0v) is 13.2. The third-order valence-corrected chi connectivity index (χ3v) is 4.39. The number of nitrogens with two attached hydrogens (primary N) is 1. The summed E-state index contributed by atoms with van der Waals surface area (Å²) in [5.74, 6) is 6.00. The van der Waals surface area contributed by atoms with Gasteiger partial charge in [0.05, 0.1) is 11.9 Å². The molecule has 5 nitrogen and oxygen atoms in total. The predicted octanol–water partition coefficient (Wildman–Crippen LogP) is 2.66. The molecule has 0 aromatic carbocycles. The molecule has 2 heterocycles. The fourth-order valence-corrected chi connectivity index (χ4v) is 2.93. The fourth-order valence-electron chi connectivity index (χ4n) is 2.93. The monoisotopic (exact) mass is 290 g/mol. The largest absolute Gasteiger partial charge is 0.337 e. The molecule has 3 N–H and O–H groups in total. The number of hydrogen-bond donors (Lipinski definition) is 2. The SMILES string of the molecule is CC(C)(C)C1CCCN(C(=O)c2ccc(NN)cn2)CC1. The van der Waals surface area contributed by atoms with Crippen LogP contribution in [0.3, 0.4) is 0 Å². The van der Waals surface area contributed by atoms with Crippen LogP contribution < -0.4 is 11.3 Å². The molecule has 5 heteroatoms. The average Bonchev–Trinajstić information content (AvgIpc) is 2.72. The molecule has 0 spiro atoms. The standard InChI is InChI=1S/C16H26N4O/c1-16(2,3)12-5-4-9-20(10-8-12)15(21)14-7-6-13(19-17)11-18-14/h6-7,11-12,19H,4-5,8-10,17H2,1-3H3. The Bertz CT molecular complexity index is 478. The van der Waals surface area contributed by atoms with Gasteiger partial charge in [-0.1, -0.05) is 20.8 Å². The summed E-state index contributed by atoms with van der Waals surface area (Å²) in [6.07, 6.45) is 4.91. The molecule has 1 aliphatic rings. The van der Waals surface area contributed by atoms with Crippen LogP contribution in [0.2, 0.25) is 0 Å². The summed E-state index contributed by atoms with van der Waals surface area (Å²) in [6.45, 7) is 8.50. The molecule has 2 rings (SSSR count). The van der Waals surface area contributed by atoms with Crippen molar-refractivity contribution >= 4 is 11.6 Å². The van der Waals surface area contributed by atoms with Crippen LogP contribution >= 0.6 is 0 Å². The van der Waals surface area contributed by atoms with E-state index >= 15 is 0 Å². The molecule has 0 saturated carbocycles. The van der Waals surface area contributed by atoms with Crippen LogP contribution in [0.1, 0.15) is 50.5 Å². The molecular formula is C16H26N4O. The molecule has 0 bridgehead atoms. The van der Waals surface area contributed by atoms with Crippen molar-refractivity contribution in [1.29, 1.82) is 0 Å². The van der Waals surface area contributed by atoms with Crippen LogP contribution in [0.25, 0.3) is 0 Å². The van der Waals surface area contributed by atoms with Gasteiger partial charge >= 0.3 is 0 Å². The van der Waals surface area contributed by atoms with E-state index in [1.165, 1.54) is 6.42 Å². The van der Waals surface area contributed by atoms with Crippen molar-refractivity contribution in [1.82, 2.24) is 9.88 Å². The van der Waals surface area contributed by atoms with Gasteiger partial charge in [0, 0.05) is 13.1 Å². The number of nitrogens with one attached hydrogen (secondary N) is 1. The third-order valence-electron chi connectivity index (χ3n) is 4.39. The maximum Gasteiger partial charge on any atom is 0.272 e. The van der Waals surface area contributed by atoms with Crippen LogP contribution in [0, 0.1) is 11.3 Å². The molecule has 1 atom stereocenters. The molecule has 1 fully saturated rings. The van der Waals surface area contributed by atoms with Crippen LogP contribution in [0.5, 0.6) is 0 Å². The minimum absolute atomic E-state index is 0.0214. The molecule has 21 heavy (non-hydrogen) atoms. The maximum absolute atomic E-state index is 12.5. The second kappa shape index (κ2) is 6.43. The second-order valence-corrected chi connectivity index (χ2v) is 6.86. The lowest BCUT2D eigenvalue weighted by atomic mass is 9.77. The molecule has 0 radical (unpaired) electrons. The van der Waals surface area contributed by atoms with Gasteiger partial charge in [-0.05, 0) is 42.7 Å². The molecule has 1 amide bonds. The lowest BCUT2D eigenvalue weighted by Crippen LogP contribution is -2.33. The maximum atomic E-state index is 12.5. The first-order valence-corrected chi connectivity index (χ1v) is 7.64. The Balaban J connectivity index is 2.02. The minimum atomic E-state index is 0.0214. The summed E-state index contributed by atoms with van der Waals surface area (Å²) in [4.78, 5) is 18.6. The van der Waals surface area contributed by atoms with Gasteiger partial charge in [0.1, 0.15) is 5.69 Å². The van der Waals surface area contributed by atoms with Gasteiger partial charge in [-0.15, -0.1) is 0 Å². The Morgan fingerprint density at radius 3 is 2.67 bits per heavy atom. The number of likely N-dealkylation sites (tertiary alicyclic amines) is 1. The summed E-state index contributed by atoms with van der Waals surface area (Å²) >= 11 is 0. The van der Waals surface area contributed by atoms with Gasteiger partial charge in [0.2, 0.25) is 0 Å². The molecule has 116 valence electrons. The van der Waals surface area contributed by atoms with Gasteiger partial charge in [-0.3, -0.25) is 10.6 Å². The quantitative estimate of drug-likeness (QED) is 0.649. The van der Waals surface area contributed by atoms with Crippen molar-refractivity contribution in [3.05, 3.63) is 24.0 Å². The zero-order chi connectivity index (χ0) is 15.5. The Labute approximate surface area is 126 Å². The van der Waals surface area contributed by atoms with E-state index in [-0.39, 0.29) is 5.91 Å². The number of rotatable bonds is 2. The van der Waals surface area contributed by atoms with E-state index in [9.17, 15) is 4.79 Å². The highest BCUT2D eigenvalue weighted by Crippen LogP contribution is 2.34. The lowest BCUT2D eigenvalue weighted by molar-refractivity contribution is 0.0750. The van der Waals surface area contributed by atoms with Crippen LogP contribution in [0.15, 0.2) is 18.3 Å². The summed E-state index contributed by atoms with van der Waals surface area (Å²) in [5, 5.41) is 0. The first kappa shape index (κ1) is 15.8. The van der Waals surface area contributed by atoms with Crippen LogP contribution in [-0.4, -0.2) is 28.9 Å². The van der Waals surface area contributed by atoms with E-state index in [2.05, 4.69) is 31.2 Å². The van der Waals surface area contributed by atoms with E-state index in [0.29, 0.717) is 22.7 Å². The Kier molecular flexibility index (Phi) is 4.83. The van der Waals surface area contributed by atoms with Crippen molar-refractivity contribution in [3.8, 4) is 0 Å². The molecule has 1 aromatic heterocycles. The van der Waals surface area contributed by atoms with E-state index in [4.69, 9.17) is 5.84 Å². The summed E-state index contributed by atoms with van der Waals surface area (Å²) in [6, 6.07) is 3.50. The Hall–Kier alpha value is -1.62. The van der Waals surface area contributed by atoms with Crippen molar-refractivity contribution in [2.75, 3.05) is 18.5 Å². The fraction of sp³-hybridized carbons (Fsp3) is 0.625. The van der Waals surface area contributed by atoms with Gasteiger partial charge in [0.15, 0.2) is 0 Å². The zero-order valence-electron chi connectivity index (χ0n) is 13.2. The van der Waals surface area contributed by atoms with Gasteiger partial charge in [-0.2, -0.15) is 0 Å². The molecule has 1 unspecified atom stereocenters. The molecule has 0 aliphatic carbocycles. The Morgan fingerprint density at radius 2 is 2.10 bits per heavy atom. The van der Waals surface area contributed by atoms with Crippen LogP contribution in [-0.2, 0) is 0 Å². The Morgan fingerprint density at radius 1 is 1.33 bits per heavy atom. The van der Waals surface area contributed by atoms with E-state index < -0.39 is 0 Å². The van der Waals surface area contributed by atoms with Crippen LogP contribution in [0.4, 0.5) is 5.69 Å². The first-order chi connectivity index (χ1) is 9.91. The number of aromatic nitrogens is 1. The summed E-state index contributed by atoms with van der Waals surface area (Å²) in [5.41, 5.74) is 4.02. The van der Waals surface area contributed by atoms with Gasteiger partial charge in [0.25, 0.3) is 5.91 Å². The van der Waals surface area contributed by atoms with Crippen molar-refractivity contribution in [2.45, 2.75) is 40.0 Å². The number of nitrogen functional groups attached to an aromatic ring is 1. The number of nitrogens with zero attached hydrogens (tertiary/aromatic N) is 2. The number of hydrogen-bond acceptors (Lipinski definition) is 4. The number of hydrazine groups is 1. The second-order valence-electron chi connectivity index (χ2n) is 6.86. The van der Waals surface area contributed by atoms with E-state index in [0.717, 1.165) is 25.9 Å². The molecule has 1 saturated heterocycles. The summed E-state index contributed by atoms with van der Waals surface area (Å²) < 4.78 is 0. The number of anilines is 1. The van der Waals surface area contributed by atoms with Crippen molar-refractivity contribution in [3.63, 3.8) is 0 Å². The molecule has 1 aromatic rings. The molecule has 1 aliphatic heterocycles. The predicted molar refractivity (Wildman–Crippen MR) is 84.7 cm³/mol. The third kappa shape index (κ3) is 3.94. The first-order valence-electron chi connectivity index (χ1n) is 7.64. The number of carbonyl (C=O) groups excluding carboxylic acids is 1. The average molecular weight is 290 g/mol. The lowest BCUT2D eigenvalue weighted by Gasteiger charge is -2.29. The topological polar surface area (TPSA) is 71.2 Å². The highest BCUT2D eigenvalue weighted by Gasteiger charge is 2.28. The van der Waals surface area contributed by atoms with Gasteiger partial charge in [-0.25, -0.2) is 4.98 Å². The van der Waals surface area contributed by atoms with E-state index in [1.54, 1.807) is 18.3 Å². The number of amides is 1.